The highest BCUT2D eigenvalue weighted by Crippen LogP contribution is 2.15. The van der Waals surface area contributed by atoms with E-state index in [1.54, 1.807) is 11.4 Å². The van der Waals surface area contributed by atoms with Crippen LogP contribution >= 0.6 is 11.3 Å². The Labute approximate surface area is 108 Å². The number of carbonyl (C=O) groups is 2. The number of thiophene rings is 1. The van der Waals surface area contributed by atoms with Gasteiger partial charge in [0.2, 0.25) is 0 Å². The first kappa shape index (κ1) is 14.0. The Kier molecular flexibility index (Phi) is 5.70. The van der Waals surface area contributed by atoms with Gasteiger partial charge in [0.15, 0.2) is 0 Å². The second-order valence-electron chi connectivity index (χ2n) is 3.05. The van der Waals surface area contributed by atoms with Gasteiger partial charge in [-0.05, 0) is 11.4 Å². The van der Waals surface area contributed by atoms with Crippen molar-refractivity contribution in [2.24, 2.45) is 5.73 Å². The van der Waals surface area contributed by atoms with E-state index in [0.29, 0.717) is 10.4 Å². The zero-order chi connectivity index (χ0) is 13.4. The van der Waals surface area contributed by atoms with Crippen LogP contribution in [0.3, 0.4) is 0 Å². The summed E-state index contributed by atoms with van der Waals surface area (Å²) < 4.78 is 4.47. The van der Waals surface area contributed by atoms with Crippen molar-refractivity contribution in [1.82, 2.24) is 5.32 Å². The largest absolute Gasteiger partial charge is 0.448 e. The molecule has 0 fully saturated rings. The third kappa shape index (κ3) is 4.45. The Balaban J connectivity index is 2.51. The molecule has 0 aliphatic heterocycles. The van der Waals surface area contributed by atoms with Crippen LogP contribution < -0.4 is 11.1 Å². The van der Waals surface area contributed by atoms with Crippen LogP contribution in [-0.4, -0.2) is 36.9 Å². The topological polar surface area (TPSA) is 102 Å². The van der Waals surface area contributed by atoms with E-state index in [1.165, 1.54) is 11.3 Å². The fraction of sp³-hybridized carbons (Fsp3) is 0.273. The number of nitrogens with one attached hydrogen (secondary N) is 1. The molecule has 96 valence electrons. The van der Waals surface area contributed by atoms with E-state index >= 15 is 0 Å². The lowest BCUT2D eigenvalue weighted by molar-refractivity contribution is 0.0940. The first-order valence-corrected chi connectivity index (χ1v) is 5.90. The molecule has 0 saturated heterocycles. The Morgan fingerprint density at radius 1 is 1.56 bits per heavy atom. The number of nitrogens with two attached hydrogens (primary N) is 1. The van der Waals surface area contributed by atoms with Crippen molar-refractivity contribution in [2.45, 2.75) is 0 Å². The predicted molar refractivity (Wildman–Crippen MR) is 66.2 cm³/mol. The van der Waals surface area contributed by atoms with Gasteiger partial charge < -0.3 is 20.9 Å². The van der Waals surface area contributed by atoms with Gasteiger partial charge >= 0.3 is 6.09 Å². The average molecular weight is 268 g/mol. The fourth-order valence-corrected chi connectivity index (χ4v) is 1.88. The number of carbonyl (C=O) groups excluding carboxylic acids is 2. The summed E-state index contributed by atoms with van der Waals surface area (Å²) in [7, 11) is 0. The van der Waals surface area contributed by atoms with Crippen LogP contribution in [0.2, 0.25) is 0 Å². The van der Waals surface area contributed by atoms with E-state index in [2.05, 4.69) is 21.9 Å². The van der Waals surface area contributed by atoms with Gasteiger partial charge in [0.05, 0.1) is 6.54 Å². The molecule has 4 N–H and O–H groups in total. The zero-order valence-corrected chi connectivity index (χ0v) is 10.3. The second-order valence-corrected chi connectivity index (χ2v) is 3.96. The number of amides is 2. The molecule has 1 heterocycles. The van der Waals surface area contributed by atoms with Crippen LogP contribution in [0.5, 0.6) is 0 Å². The third-order valence-corrected chi connectivity index (χ3v) is 2.72. The number of primary amides is 1. The van der Waals surface area contributed by atoms with Crippen LogP contribution in [0, 0.1) is 11.8 Å². The van der Waals surface area contributed by atoms with Crippen molar-refractivity contribution < 1.29 is 19.4 Å². The third-order valence-electron chi connectivity index (χ3n) is 1.81. The molecule has 0 spiro atoms. The molecule has 0 aliphatic carbocycles. The summed E-state index contributed by atoms with van der Waals surface area (Å²) in [5.74, 6) is 4.85. The molecule has 6 nitrogen and oxygen atoms in total. The maximum absolute atomic E-state index is 11.7. The van der Waals surface area contributed by atoms with Crippen molar-refractivity contribution >= 4 is 23.3 Å². The van der Waals surface area contributed by atoms with Gasteiger partial charge in [-0.3, -0.25) is 4.79 Å². The molecule has 0 aliphatic rings. The minimum absolute atomic E-state index is 0.0180. The molecular formula is C11H12N2O4S. The van der Waals surface area contributed by atoms with E-state index < -0.39 is 6.09 Å². The SMILES string of the molecule is NC(=O)OCCNC(=O)c1sccc1C#CCO. The molecule has 0 atom stereocenters. The van der Waals surface area contributed by atoms with Crippen LogP contribution in [-0.2, 0) is 4.74 Å². The Morgan fingerprint density at radius 2 is 2.33 bits per heavy atom. The quantitative estimate of drug-likeness (QED) is 0.525. The highest BCUT2D eigenvalue weighted by Gasteiger charge is 2.11. The number of aliphatic hydroxyl groups excluding tert-OH is 1. The Bertz CT molecular complexity index is 487. The van der Waals surface area contributed by atoms with Crippen molar-refractivity contribution in [3.05, 3.63) is 21.9 Å². The molecule has 1 aromatic rings. The van der Waals surface area contributed by atoms with E-state index in [4.69, 9.17) is 10.8 Å². The van der Waals surface area contributed by atoms with Crippen LogP contribution in [0.25, 0.3) is 0 Å². The number of rotatable bonds is 4. The number of hydrogen-bond donors (Lipinski definition) is 3. The first-order valence-electron chi connectivity index (χ1n) is 5.02. The van der Waals surface area contributed by atoms with Crippen molar-refractivity contribution in [1.29, 1.82) is 0 Å². The highest BCUT2D eigenvalue weighted by atomic mass is 32.1. The van der Waals surface area contributed by atoms with Gasteiger partial charge in [0.1, 0.15) is 18.1 Å². The van der Waals surface area contributed by atoms with Crippen LogP contribution in [0.15, 0.2) is 11.4 Å². The predicted octanol–water partition coefficient (Wildman–Crippen LogP) is -0.0830. The minimum atomic E-state index is -0.880. The summed E-state index contributed by atoms with van der Waals surface area (Å²) in [6.07, 6.45) is -0.880. The lowest BCUT2D eigenvalue weighted by atomic mass is 10.2. The number of ether oxygens (including phenoxy) is 1. The molecule has 0 unspecified atom stereocenters. The molecule has 7 heteroatoms. The number of hydrogen-bond acceptors (Lipinski definition) is 5. The van der Waals surface area contributed by atoms with Gasteiger partial charge in [0, 0.05) is 5.56 Å². The van der Waals surface area contributed by atoms with Gasteiger partial charge in [-0.2, -0.15) is 0 Å². The first-order chi connectivity index (χ1) is 8.65. The van der Waals surface area contributed by atoms with Gasteiger partial charge in [-0.15, -0.1) is 11.3 Å². The number of aliphatic hydroxyl groups is 1. The molecule has 2 amide bonds. The second kappa shape index (κ2) is 7.32. The van der Waals surface area contributed by atoms with E-state index in [-0.39, 0.29) is 25.7 Å². The molecule has 1 rings (SSSR count). The molecule has 18 heavy (non-hydrogen) atoms. The monoisotopic (exact) mass is 268 g/mol. The lowest BCUT2D eigenvalue weighted by Crippen LogP contribution is -2.28. The fourth-order valence-electron chi connectivity index (χ4n) is 1.11. The molecular weight excluding hydrogens is 256 g/mol. The van der Waals surface area contributed by atoms with Gasteiger partial charge in [-0.25, -0.2) is 4.79 Å². The summed E-state index contributed by atoms with van der Waals surface area (Å²) >= 11 is 1.24. The standard InChI is InChI=1S/C11H12N2O4S/c12-11(16)17-6-4-13-10(15)9-8(2-1-5-14)3-7-18-9/h3,7,14H,4-6H2,(H2,12,16)(H,13,15). The Morgan fingerprint density at radius 3 is 3.00 bits per heavy atom. The normalized spacial score (nSPS) is 9.17. The molecule has 1 aromatic heterocycles. The molecule has 0 saturated carbocycles. The van der Waals surface area contributed by atoms with E-state index in [9.17, 15) is 9.59 Å². The Hall–Kier alpha value is -2.04. The smallest absolute Gasteiger partial charge is 0.404 e. The maximum Gasteiger partial charge on any atom is 0.404 e. The van der Waals surface area contributed by atoms with E-state index in [0.717, 1.165) is 0 Å². The summed E-state index contributed by atoms with van der Waals surface area (Å²) in [4.78, 5) is 22.5. The molecule has 0 radical (unpaired) electrons. The van der Waals surface area contributed by atoms with Crippen molar-refractivity contribution in [2.75, 3.05) is 19.8 Å². The summed E-state index contributed by atoms with van der Waals surface area (Å²) in [5.41, 5.74) is 5.33. The minimum Gasteiger partial charge on any atom is -0.448 e. The van der Waals surface area contributed by atoms with E-state index in [1.807, 2.05) is 0 Å². The molecule has 0 aromatic carbocycles. The van der Waals surface area contributed by atoms with Crippen molar-refractivity contribution in [3.63, 3.8) is 0 Å². The highest BCUT2D eigenvalue weighted by molar-refractivity contribution is 7.12. The van der Waals surface area contributed by atoms with Crippen LogP contribution in [0.1, 0.15) is 15.2 Å². The van der Waals surface area contributed by atoms with Crippen LogP contribution in [0.4, 0.5) is 4.79 Å². The van der Waals surface area contributed by atoms with Gasteiger partial charge in [-0.1, -0.05) is 11.8 Å². The summed E-state index contributed by atoms with van der Waals surface area (Å²) in [6, 6.07) is 1.70. The van der Waals surface area contributed by atoms with Crippen molar-refractivity contribution in [3.8, 4) is 11.8 Å². The maximum atomic E-state index is 11.7. The summed E-state index contributed by atoms with van der Waals surface area (Å²) in [6.45, 7) is -0.0694. The summed E-state index contributed by atoms with van der Waals surface area (Å²) in [5, 5.41) is 12.9. The lowest BCUT2D eigenvalue weighted by Gasteiger charge is -2.04. The average Bonchev–Trinajstić information content (AvgIpc) is 2.79. The molecule has 0 bridgehead atoms. The zero-order valence-electron chi connectivity index (χ0n) is 9.43. The van der Waals surface area contributed by atoms with Gasteiger partial charge in [0.25, 0.3) is 5.91 Å².